The van der Waals surface area contributed by atoms with Crippen molar-refractivity contribution in [1.82, 2.24) is 25.0 Å². The monoisotopic (exact) mass is 351 g/mol. The molecule has 8 nitrogen and oxygen atoms in total. The fourth-order valence-electron chi connectivity index (χ4n) is 2.76. The number of urea groups is 1. The second kappa shape index (κ2) is 7.14. The number of pyridine rings is 1. The molecule has 1 aromatic heterocycles. The summed E-state index contributed by atoms with van der Waals surface area (Å²) in [5.74, 6) is -0.560. The first-order chi connectivity index (χ1) is 11.5. The molecular formula is C15H18ClN5O3. The zero-order valence-electron chi connectivity index (χ0n) is 13.1. The molecule has 2 aliphatic rings. The highest BCUT2D eigenvalue weighted by Crippen LogP contribution is 2.11. The summed E-state index contributed by atoms with van der Waals surface area (Å²) >= 11 is 5.77. The number of carbonyl (C=O) groups is 3. The number of imide groups is 1. The Morgan fingerprint density at radius 2 is 1.96 bits per heavy atom. The first-order valence-electron chi connectivity index (χ1n) is 7.71. The van der Waals surface area contributed by atoms with E-state index in [1.165, 1.54) is 0 Å². The van der Waals surface area contributed by atoms with Gasteiger partial charge in [0.05, 0.1) is 6.54 Å². The number of hydrogen-bond donors (Lipinski definition) is 1. The summed E-state index contributed by atoms with van der Waals surface area (Å²) in [6.45, 7) is 3.13. The summed E-state index contributed by atoms with van der Waals surface area (Å²) in [4.78, 5) is 44.2. The van der Waals surface area contributed by atoms with Crippen LogP contribution in [0.25, 0.3) is 0 Å². The topological polar surface area (TPSA) is 85.8 Å². The van der Waals surface area contributed by atoms with Crippen molar-refractivity contribution >= 4 is 29.4 Å². The fourth-order valence-corrected chi connectivity index (χ4v) is 2.88. The van der Waals surface area contributed by atoms with Gasteiger partial charge in [0.15, 0.2) is 0 Å². The highest BCUT2D eigenvalue weighted by Gasteiger charge is 2.32. The molecule has 0 aliphatic carbocycles. The van der Waals surface area contributed by atoms with E-state index >= 15 is 0 Å². The predicted molar refractivity (Wildman–Crippen MR) is 86.2 cm³/mol. The van der Waals surface area contributed by atoms with E-state index in [-0.39, 0.29) is 24.9 Å². The highest BCUT2D eigenvalue weighted by atomic mass is 35.5. The average Bonchev–Trinajstić information content (AvgIpc) is 2.89. The summed E-state index contributed by atoms with van der Waals surface area (Å²) in [6, 6.07) is 3.20. The van der Waals surface area contributed by atoms with E-state index in [0.29, 0.717) is 18.2 Å². The van der Waals surface area contributed by atoms with E-state index in [2.05, 4.69) is 15.2 Å². The molecule has 1 N–H and O–H groups in total. The Hall–Kier alpha value is -2.19. The molecule has 0 saturated carbocycles. The number of piperazine rings is 1. The van der Waals surface area contributed by atoms with Gasteiger partial charge in [0.2, 0.25) is 5.91 Å². The molecule has 128 valence electrons. The minimum Gasteiger partial charge on any atom is -0.339 e. The summed E-state index contributed by atoms with van der Waals surface area (Å²) in [5.41, 5.74) is 1.07. The molecule has 3 heterocycles. The standard InChI is InChI=1S/C15H18ClN5O3/c16-12-2-1-11(7-17-12)9-19-3-5-20(6-4-19)14(23)10-21-13(22)8-18-15(21)24/h1-2,7H,3-6,8-10H2,(H,18,24). The third-order valence-corrected chi connectivity index (χ3v) is 4.37. The van der Waals surface area contributed by atoms with E-state index in [1.807, 2.05) is 6.07 Å². The largest absolute Gasteiger partial charge is 0.339 e. The van der Waals surface area contributed by atoms with Gasteiger partial charge in [-0.15, -0.1) is 0 Å². The Labute approximate surface area is 144 Å². The average molecular weight is 352 g/mol. The smallest absolute Gasteiger partial charge is 0.325 e. The summed E-state index contributed by atoms with van der Waals surface area (Å²) < 4.78 is 0. The Morgan fingerprint density at radius 1 is 1.21 bits per heavy atom. The first kappa shape index (κ1) is 16.7. The maximum absolute atomic E-state index is 12.3. The van der Waals surface area contributed by atoms with Crippen molar-refractivity contribution in [2.45, 2.75) is 6.54 Å². The molecule has 2 fully saturated rings. The SMILES string of the molecule is O=C(CN1C(=O)CNC1=O)N1CCN(Cc2ccc(Cl)nc2)CC1. The molecule has 24 heavy (non-hydrogen) atoms. The van der Waals surface area contributed by atoms with Crippen LogP contribution in [0.4, 0.5) is 4.79 Å². The van der Waals surface area contributed by atoms with E-state index in [4.69, 9.17) is 11.6 Å². The minimum atomic E-state index is -0.498. The molecule has 1 aromatic rings. The highest BCUT2D eigenvalue weighted by molar-refractivity contribution is 6.29. The molecule has 0 radical (unpaired) electrons. The molecule has 2 saturated heterocycles. The van der Waals surface area contributed by atoms with E-state index in [0.717, 1.165) is 30.1 Å². The van der Waals surface area contributed by atoms with Crippen LogP contribution in [0.15, 0.2) is 18.3 Å². The molecule has 2 aliphatic heterocycles. The Morgan fingerprint density at radius 3 is 2.54 bits per heavy atom. The van der Waals surface area contributed by atoms with Crippen molar-refractivity contribution in [1.29, 1.82) is 0 Å². The van der Waals surface area contributed by atoms with Crippen molar-refractivity contribution in [3.05, 3.63) is 29.0 Å². The van der Waals surface area contributed by atoms with E-state index in [9.17, 15) is 14.4 Å². The quantitative estimate of drug-likeness (QED) is 0.606. The fraction of sp³-hybridized carbons (Fsp3) is 0.467. The summed E-state index contributed by atoms with van der Waals surface area (Å²) in [7, 11) is 0. The molecule has 4 amide bonds. The van der Waals surface area contributed by atoms with Crippen molar-refractivity contribution in [3.8, 4) is 0 Å². The van der Waals surface area contributed by atoms with Gasteiger partial charge in [-0.05, 0) is 11.6 Å². The molecule has 0 spiro atoms. The minimum absolute atomic E-state index is 0.0327. The molecule has 9 heteroatoms. The number of hydrogen-bond acceptors (Lipinski definition) is 5. The summed E-state index contributed by atoms with van der Waals surface area (Å²) in [6.07, 6.45) is 1.75. The van der Waals surface area contributed by atoms with Gasteiger partial charge in [0, 0.05) is 38.9 Å². The zero-order chi connectivity index (χ0) is 17.1. The molecular weight excluding hydrogens is 334 g/mol. The van der Waals surface area contributed by atoms with Crippen LogP contribution in [0, 0.1) is 0 Å². The van der Waals surface area contributed by atoms with Crippen molar-refractivity contribution in [2.24, 2.45) is 0 Å². The van der Waals surface area contributed by atoms with Crippen LogP contribution in [0.5, 0.6) is 0 Å². The predicted octanol–water partition coefficient (Wildman–Crippen LogP) is -0.0690. The molecule has 0 unspecified atom stereocenters. The van der Waals surface area contributed by atoms with Gasteiger partial charge in [0.1, 0.15) is 11.7 Å². The van der Waals surface area contributed by atoms with Gasteiger partial charge in [-0.2, -0.15) is 0 Å². The third-order valence-electron chi connectivity index (χ3n) is 4.15. The number of nitrogens with one attached hydrogen (secondary N) is 1. The Kier molecular flexibility index (Phi) is 4.96. The van der Waals surface area contributed by atoms with Crippen LogP contribution >= 0.6 is 11.6 Å². The van der Waals surface area contributed by atoms with Crippen LogP contribution in [-0.2, 0) is 16.1 Å². The zero-order valence-corrected chi connectivity index (χ0v) is 13.8. The lowest BCUT2D eigenvalue weighted by Gasteiger charge is -2.35. The van der Waals surface area contributed by atoms with Crippen LogP contribution in [0.2, 0.25) is 5.15 Å². The number of aromatic nitrogens is 1. The van der Waals surface area contributed by atoms with Gasteiger partial charge in [-0.1, -0.05) is 17.7 Å². The van der Waals surface area contributed by atoms with Crippen LogP contribution in [0.3, 0.4) is 0 Å². The molecule has 0 aromatic carbocycles. The summed E-state index contributed by atoms with van der Waals surface area (Å²) in [5, 5.41) is 2.88. The maximum Gasteiger partial charge on any atom is 0.325 e. The number of halogens is 1. The van der Waals surface area contributed by atoms with Gasteiger partial charge in [-0.3, -0.25) is 19.4 Å². The molecule has 0 atom stereocenters. The van der Waals surface area contributed by atoms with Crippen LogP contribution < -0.4 is 5.32 Å². The molecule has 0 bridgehead atoms. The van der Waals surface area contributed by atoms with Crippen molar-refractivity contribution < 1.29 is 14.4 Å². The second-order valence-electron chi connectivity index (χ2n) is 5.78. The normalized spacial score (nSPS) is 18.9. The van der Waals surface area contributed by atoms with Crippen LogP contribution in [-0.4, -0.2) is 76.8 Å². The van der Waals surface area contributed by atoms with Gasteiger partial charge >= 0.3 is 6.03 Å². The first-order valence-corrected chi connectivity index (χ1v) is 8.09. The van der Waals surface area contributed by atoms with Crippen LogP contribution in [0.1, 0.15) is 5.56 Å². The van der Waals surface area contributed by atoms with Gasteiger partial charge < -0.3 is 10.2 Å². The third kappa shape index (κ3) is 3.82. The number of amides is 4. The lowest BCUT2D eigenvalue weighted by molar-refractivity contribution is -0.137. The Balaban J connectivity index is 1.47. The number of carbonyl (C=O) groups excluding carboxylic acids is 3. The lowest BCUT2D eigenvalue weighted by Crippen LogP contribution is -2.51. The number of nitrogens with zero attached hydrogens (tertiary/aromatic N) is 4. The van der Waals surface area contributed by atoms with Crippen molar-refractivity contribution in [2.75, 3.05) is 39.3 Å². The number of rotatable bonds is 4. The van der Waals surface area contributed by atoms with Gasteiger partial charge in [-0.25, -0.2) is 9.78 Å². The van der Waals surface area contributed by atoms with Gasteiger partial charge in [0.25, 0.3) is 5.91 Å². The maximum atomic E-state index is 12.3. The van der Waals surface area contributed by atoms with E-state index < -0.39 is 6.03 Å². The molecule has 3 rings (SSSR count). The second-order valence-corrected chi connectivity index (χ2v) is 6.17. The van der Waals surface area contributed by atoms with Crippen molar-refractivity contribution in [3.63, 3.8) is 0 Å². The van der Waals surface area contributed by atoms with E-state index in [1.54, 1.807) is 17.2 Å². The lowest BCUT2D eigenvalue weighted by atomic mass is 10.2. The Bertz CT molecular complexity index is 627.